The molecule has 6 heteroatoms. The lowest BCUT2D eigenvalue weighted by Gasteiger charge is -2.11. The van der Waals surface area contributed by atoms with E-state index in [2.05, 4.69) is 30.6 Å². The summed E-state index contributed by atoms with van der Waals surface area (Å²) in [6, 6.07) is 0. The van der Waals surface area contributed by atoms with Crippen molar-refractivity contribution in [3.63, 3.8) is 0 Å². The van der Waals surface area contributed by atoms with E-state index in [0.29, 0.717) is 12.3 Å². The third-order valence-corrected chi connectivity index (χ3v) is 2.09. The van der Waals surface area contributed by atoms with Crippen LogP contribution in [0.15, 0.2) is 0 Å². The molecule has 0 aliphatic heterocycles. The van der Waals surface area contributed by atoms with E-state index in [0.717, 1.165) is 0 Å². The first-order valence-electron chi connectivity index (χ1n) is 3.83. The molecular weight excluding hydrogens is 210 g/mol. The molecule has 0 aliphatic carbocycles. The molecule has 0 rings (SSSR count). The fourth-order valence-corrected chi connectivity index (χ4v) is 1.18. The Hall–Kier alpha value is -0.360. The Morgan fingerprint density at radius 2 is 2.00 bits per heavy atom. The Bertz CT molecular complexity index is 187. The molecule has 2 N–H and O–H groups in total. The van der Waals surface area contributed by atoms with Gasteiger partial charge < -0.3 is 10.4 Å². The average molecular weight is 223 g/mol. The third kappa shape index (κ3) is 5.81. The van der Waals surface area contributed by atoms with Crippen LogP contribution in [-0.4, -0.2) is 35.0 Å². The summed E-state index contributed by atoms with van der Waals surface area (Å²) in [6.45, 7) is 0.450. The van der Waals surface area contributed by atoms with E-state index in [9.17, 15) is 9.59 Å². The van der Waals surface area contributed by atoms with Gasteiger partial charge in [0.2, 0.25) is 5.91 Å². The number of hydrogen-bond donors (Lipinski definition) is 4. The van der Waals surface area contributed by atoms with Crippen LogP contribution in [0, 0.1) is 5.92 Å². The number of hydrogen-bond acceptors (Lipinski definition) is 4. The van der Waals surface area contributed by atoms with Crippen molar-refractivity contribution in [3.05, 3.63) is 0 Å². The van der Waals surface area contributed by atoms with E-state index in [1.807, 2.05) is 0 Å². The Kier molecular flexibility index (Phi) is 6.89. The standard InChI is InChI=1S/C7H13NO3S2/c9-6(10)3-5(4-13)7(11)8-1-2-12/h5,12-13H,1-4H2,(H,8,11)(H,9,10). The average Bonchev–Trinajstić information content (AvgIpc) is 2.09. The molecule has 0 aromatic rings. The number of nitrogens with one attached hydrogen (secondary N) is 1. The fraction of sp³-hybridized carbons (Fsp3) is 0.714. The van der Waals surface area contributed by atoms with E-state index in [4.69, 9.17) is 5.11 Å². The molecule has 0 bridgehead atoms. The predicted octanol–water partition coefficient (Wildman–Crippen LogP) is 0.0531. The fourth-order valence-electron chi connectivity index (χ4n) is 0.774. The maximum Gasteiger partial charge on any atom is 0.304 e. The molecule has 0 fully saturated rings. The molecule has 0 aliphatic rings. The molecule has 0 heterocycles. The number of thiol groups is 2. The minimum absolute atomic E-state index is 0.179. The van der Waals surface area contributed by atoms with E-state index < -0.39 is 11.9 Å². The molecule has 1 unspecified atom stereocenters. The summed E-state index contributed by atoms with van der Waals surface area (Å²) in [5, 5.41) is 11.0. The van der Waals surface area contributed by atoms with Crippen LogP contribution < -0.4 is 5.32 Å². The second kappa shape index (κ2) is 7.08. The van der Waals surface area contributed by atoms with Crippen LogP contribution in [0.25, 0.3) is 0 Å². The van der Waals surface area contributed by atoms with Gasteiger partial charge in [0.1, 0.15) is 0 Å². The van der Waals surface area contributed by atoms with Crippen molar-refractivity contribution >= 4 is 37.1 Å². The van der Waals surface area contributed by atoms with Crippen molar-refractivity contribution in [2.75, 3.05) is 18.1 Å². The highest BCUT2D eigenvalue weighted by molar-refractivity contribution is 7.80. The maximum atomic E-state index is 11.2. The summed E-state index contributed by atoms with van der Waals surface area (Å²) in [5.41, 5.74) is 0. The van der Waals surface area contributed by atoms with Crippen LogP contribution in [0.4, 0.5) is 0 Å². The molecular formula is C7H13NO3S2. The van der Waals surface area contributed by atoms with Gasteiger partial charge >= 0.3 is 5.97 Å². The summed E-state index contributed by atoms with van der Waals surface area (Å²) < 4.78 is 0. The number of amides is 1. The Morgan fingerprint density at radius 3 is 2.38 bits per heavy atom. The number of carboxylic acid groups (broad SMARTS) is 1. The second-order valence-electron chi connectivity index (χ2n) is 2.49. The topological polar surface area (TPSA) is 66.4 Å². The molecule has 1 atom stereocenters. The number of carbonyl (C=O) groups is 2. The van der Waals surface area contributed by atoms with E-state index in [1.54, 1.807) is 0 Å². The minimum Gasteiger partial charge on any atom is -0.481 e. The lowest BCUT2D eigenvalue weighted by Crippen LogP contribution is -2.34. The molecule has 0 radical (unpaired) electrons. The smallest absolute Gasteiger partial charge is 0.304 e. The van der Waals surface area contributed by atoms with Crippen LogP contribution >= 0.6 is 25.3 Å². The lowest BCUT2D eigenvalue weighted by atomic mass is 10.1. The van der Waals surface area contributed by atoms with Crippen molar-refractivity contribution < 1.29 is 14.7 Å². The normalized spacial score (nSPS) is 12.2. The van der Waals surface area contributed by atoms with Gasteiger partial charge in [-0.05, 0) is 0 Å². The summed E-state index contributed by atoms with van der Waals surface area (Å²) in [7, 11) is 0. The van der Waals surface area contributed by atoms with Crippen LogP contribution in [0.3, 0.4) is 0 Å². The monoisotopic (exact) mass is 223 g/mol. The van der Waals surface area contributed by atoms with Crippen molar-refractivity contribution in [3.8, 4) is 0 Å². The first-order valence-corrected chi connectivity index (χ1v) is 5.09. The first kappa shape index (κ1) is 12.6. The molecule has 4 nitrogen and oxygen atoms in total. The zero-order valence-electron chi connectivity index (χ0n) is 7.06. The third-order valence-electron chi connectivity index (χ3n) is 1.42. The lowest BCUT2D eigenvalue weighted by molar-refractivity contribution is -0.140. The Morgan fingerprint density at radius 1 is 1.38 bits per heavy atom. The van der Waals surface area contributed by atoms with Crippen molar-refractivity contribution in [1.82, 2.24) is 5.32 Å². The molecule has 0 aromatic heterocycles. The highest BCUT2D eigenvalue weighted by Crippen LogP contribution is 2.05. The Balaban J connectivity index is 3.92. The summed E-state index contributed by atoms with van der Waals surface area (Å²) in [4.78, 5) is 21.5. The van der Waals surface area contributed by atoms with Gasteiger partial charge in [0.05, 0.1) is 12.3 Å². The summed E-state index contributed by atoms with van der Waals surface area (Å²) in [6.07, 6.45) is -0.179. The van der Waals surface area contributed by atoms with Gasteiger partial charge in [-0.1, -0.05) is 0 Å². The van der Waals surface area contributed by atoms with Gasteiger partial charge in [0.15, 0.2) is 0 Å². The molecule has 1 amide bonds. The zero-order chi connectivity index (χ0) is 10.3. The summed E-state index contributed by atoms with van der Waals surface area (Å²) >= 11 is 7.82. The van der Waals surface area contributed by atoms with Gasteiger partial charge in [0.25, 0.3) is 0 Å². The molecule has 0 saturated carbocycles. The summed E-state index contributed by atoms with van der Waals surface area (Å²) in [5.74, 6) is -1.03. The minimum atomic E-state index is -0.986. The van der Waals surface area contributed by atoms with Crippen molar-refractivity contribution in [1.29, 1.82) is 0 Å². The van der Waals surface area contributed by atoms with Crippen LogP contribution in [0.2, 0.25) is 0 Å². The molecule has 0 spiro atoms. The van der Waals surface area contributed by atoms with Crippen LogP contribution in [-0.2, 0) is 9.59 Å². The van der Waals surface area contributed by atoms with Crippen LogP contribution in [0.5, 0.6) is 0 Å². The molecule has 13 heavy (non-hydrogen) atoms. The second-order valence-corrected chi connectivity index (χ2v) is 3.30. The van der Waals surface area contributed by atoms with Gasteiger partial charge in [-0.25, -0.2) is 0 Å². The highest BCUT2D eigenvalue weighted by atomic mass is 32.1. The highest BCUT2D eigenvalue weighted by Gasteiger charge is 2.19. The van der Waals surface area contributed by atoms with E-state index in [1.165, 1.54) is 0 Å². The largest absolute Gasteiger partial charge is 0.481 e. The van der Waals surface area contributed by atoms with Gasteiger partial charge in [0, 0.05) is 18.1 Å². The van der Waals surface area contributed by atoms with Crippen molar-refractivity contribution in [2.45, 2.75) is 6.42 Å². The number of carbonyl (C=O) groups excluding carboxylic acids is 1. The van der Waals surface area contributed by atoms with Gasteiger partial charge in [-0.3, -0.25) is 9.59 Å². The number of rotatable bonds is 6. The maximum absolute atomic E-state index is 11.2. The Labute approximate surface area is 87.9 Å². The SMILES string of the molecule is O=C(O)CC(CS)C(=O)NCCS. The molecule has 0 saturated heterocycles. The molecule has 76 valence electrons. The zero-order valence-corrected chi connectivity index (χ0v) is 8.85. The molecule has 0 aromatic carbocycles. The van der Waals surface area contributed by atoms with E-state index in [-0.39, 0.29) is 18.1 Å². The van der Waals surface area contributed by atoms with Crippen molar-refractivity contribution in [2.24, 2.45) is 5.92 Å². The quantitative estimate of drug-likeness (QED) is 0.481. The predicted molar refractivity (Wildman–Crippen MR) is 56.5 cm³/mol. The number of aliphatic carboxylic acids is 1. The van der Waals surface area contributed by atoms with Gasteiger partial charge in [-0.2, -0.15) is 25.3 Å². The van der Waals surface area contributed by atoms with Gasteiger partial charge in [-0.15, -0.1) is 0 Å². The van der Waals surface area contributed by atoms with Crippen LogP contribution in [0.1, 0.15) is 6.42 Å². The van der Waals surface area contributed by atoms with E-state index >= 15 is 0 Å². The number of carboxylic acids is 1. The first-order chi connectivity index (χ1) is 6.11.